The largest absolute Gasteiger partial charge is 0.489 e. The smallest absolute Gasteiger partial charge is 0.119 e. The highest BCUT2D eigenvalue weighted by molar-refractivity contribution is 5.27. The summed E-state index contributed by atoms with van der Waals surface area (Å²) in [5.41, 5.74) is 6.78. The molecule has 13 heavy (non-hydrogen) atoms. The summed E-state index contributed by atoms with van der Waals surface area (Å²) < 4.78 is 5.54. The summed E-state index contributed by atoms with van der Waals surface area (Å²) >= 11 is 0. The van der Waals surface area contributed by atoms with Gasteiger partial charge in [0, 0.05) is 6.54 Å². The molecular weight excluding hydrogens is 162 g/mol. The summed E-state index contributed by atoms with van der Waals surface area (Å²) in [6, 6.07) is 8.15. The lowest BCUT2D eigenvalue weighted by Gasteiger charge is -2.12. The molecule has 1 rings (SSSR count). The summed E-state index contributed by atoms with van der Waals surface area (Å²) in [4.78, 5) is 0. The first-order valence-corrected chi connectivity index (χ1v) is 4.72. The zero-order chi connectivity index (χ0) is 9.68. The van der Waals surface area contributed by atoms with Crippen LogP contribution in [-0.2, 0) is 6.42 Å². The lowest BCUT2D eigenvalue weighted by molar-refractivity contribution is 0.230. The molecule has 1 atom stereocenters. The van der Waals surface area contributed by atoms with E-state index < -0.39 is 0 Å². The Morgan fingerprint density at radius 2 is 1.92 bits per heavy atom. The average Bonchev–Trinajstić information content (AvgIpc) is 2.19. The maximum Gasteiger partial charge on any atom is 0.119 e. The lowest BCUT2D eigenvalue weighted by Crippen LogP contribution is -2.22. The van der Waals surface area contributed by atoms with Crippen LogP contribution < -0.4 is 10.5 Å². The van der Waals surface area contributed by atoms with Crippen molar-refractivity contribution in [3.63, 3.8) is 0 Å². The van der Waals surface area contributed by atoms with Gasteiger partial charge in [-0.2, -0.15) is 0 Å². The maximum atomic E-state index is 5.54. The zero-order valence-corrected chi connectivity index (χ0v) is 8.29. The van der Waals surface area contributed by atoms with Crippen LogP contribution >= 0.6 is 0 Å². The Hall–Kier alpha value is -1.02. The van der Waals surface area contributed by atoms with Crippen LogP contribution in [0.2, 0.25) is 0 Å². The number of nitrogens with two attached hydrogens (primary N) is 1. The highest BCUT2D eigenvalue weighted by atomic mass is 16.5. The van der Waals surface area contributed by atoms with E-state index in [0.29, 0.717) is 6.54 Å². The molecule has 1 aromatic rings. The Bertz CT molecular complexity index is 243. The summed E-state index contributed by atoms with van der Waals surface area (Å²) in [6.07, 6.45) is 1.15. The van der Waals surface area contributed by atoms with Crippen molar-refractivity contribution in [1.29, 1.82) is 0 Å². The van der Waals surface area contributed by atoms with E-state index in [9.17, 15) is 0 Å². The first-order chi connectivity index (χ1) is 6.26. The summed E-state index contributed by atoms with van der Waals surface area (Å²) in [6.45, 7) is 4.65. The van der Waals surface area contributed by atoms with Crippen molar-refractivity contribution in [3.8, 4) is 5.75 Å². The Morgan fingerprint density at radius 1 is 1.31 bits per heavy atom. The van der Waals surface area contributed by atoms with Gasteiger partial charge in [0.25, 0.3) is 0 Å². The van der Waals surface area contributed by atoms with Crippen LogP contribution in [0.1, 0.15) is 19.4 Å². The summed E-state index contributed by atoms with van der Waals surface area (Å²) in [5, 5.41) is 0. The summed E-state index contributed by atoms with van der Waals surface area (Å²) in [5.74, 6) is 0.898. The molecule has 1 unspecified atom stereocenters. The second-order valence-electron chi connectivity index (χ2n) is 3.16. The van der Waals surface area contributed by atoms with Gasteiger partial charge in [0.2, 0.25) is 0 Å². The quantitative estimate of drug-likeness (QED) is 0.767. The van der Waals surface area contributed by atoms with E-state index in [1.807, 2.05) is 19.1 Å². The molecule has 0 aliphatic rings. The number of ether oxygens (including phenoxy) is 1. The Morgan fingerprint density at radius 3 is 2.38 bits per heavy atom. The van der Waals surface area contributed by atoms with Crippen molar-refractivity contribution in [1.82, 2.24) is 0 Å². The van der Waals surface area contributed by atoms with Gasteiger partial charge in [0.1, 0.15) is 11.9 Å². The fraction of sp³-hybridized carbons (Fsp3) is 0.455. The maximum absolute atomic E-state index is 5.54. The monoisotopic (exact) mass is 179 g/mol. The molecule has 0 saturated heterocycles. The first-order valence-electron chi connectivity index (χ1n) is 4.72. The zero-order valence-electron chi connectivity index (χ0n) is 8.29. The molecule has 0 saturated carbocycles. The molecule has 0 bridgehead atoms. The van der Waals surface area contributed by atoms with Crippen LogP contribution in [0.4, 0.5) is 0 Å². The highest BCUT2D eigenvalue weighted by Crippen LogP contribution is 2.13. The predicted octanol–water partition coefficient (Wildman–Crippen LogP) is 1.98. The molecule has 2 nitrogen and oxygen atoms in total. The van der Waals surface area contributed by atoms with E-state index in [1.165, 1.54) is 5.56 Å². The number of benzene rings is 1. The Balaban J connectivity index is 2.58. The molecule has 0 heterocycles. The molecule has 0 aliphatic carbocycles. The molecule has 2 N–H and O–H groups in total. The third-order valence-corrected chi connectivity index (χ3v) is 2.00. The van der Waals surface area contributed by atoms with E-state index in [0.717, 1.165) is 12.2 Å². The minimum absolute atomic E-state index is 0.0903. The minimum Gasteiger partial charge on any atom is -0.489 e. The molecule has 0 aromatic heterocycles. The van der Waals surface area contributed by atoms with E-state index in [2.05, 4.69) is 19.1 Å². The second-order valence-corrected chi connectivity index (χ2v) is 3.16. The number of aryl methyl sites for hydroxylation is 1. The van der Waals surface area contributed by atoms with Crippen molar-refractivity contribution in [2.24, 2.45) is 5.73 Å². The number of hydrogen-bond donors (Lipinski definition) is 1. The van der Waals surface area contributed by atoms with Crippen LogP contribution in [0, 0.1) is 0 Å². The van der Waals surface area contributed by atoms with E-state index in [4.69, 9.17) is 10.5 Å². The highest BCUT2D eigenvalue weighted by Gasteiger charge is 1.99. The molecule has 1 aromatic carbocycles. The number of hydrogen-bond acceptors (Lipinski definition) is 2. The normalized spacial score (nSPS) is 12.5. The SMILES string of the molecule is CCc1ccc(OC(C)CN)cc1. The Kier molecular flexibility index (Phi) is 3.77. The van der Waals surface area contributed by atoms with Crippen LogP contribution in [0.15, 0.2) is 24.3 Å². The fourth-order valence-corrected chi connectivity index (χ4v) is 1.08. The van der Waals surface area contributed by atoms with Gasteiger partial charge in [0.15, 0.2) is 0 Å². The molecule has 0 radical (unpaired) electrons. The standard InChI is InChI=1S/C11H17NO/c1-3-10-4-6-11(7-5-10)13-9(2)8-12/h4-7,9H,3,8,12H2,1-2H3. The molecule has 0 spiro atoms. The molecule has 0 aliphatic heterocycles. The van der Waals surface area contributed by atoms with Crippen LogP contribution in [0.5, 0.6) is 5.75 Å². The molecule has 0 amide bonds. The van der Waals surface area contributed by atoms with Crippen LogP contribution in [-0.4, -0.2) is 12.6 Å². The lowest BCUT2D eigenvalue weighted by atomic mass is 10.2. The van der Waals surface area contributed by atoms with E-state index in [-0.39, 0.29) is 6.10 Å². The average molecular weight is 179 g/mol. The first kappa shape index (κ1) is 10.1. The van der Waals surface area contributed by atoms with Gasteiger partial charge in [-0.3, -0.25) is 0 Å². The second kappa shape index (κ2) is 4.87. The van der Waals surface area contributed by atoms with Crippen LogP contribution in [0.25, 0.3) is 0 Å². The van der Waals surface area contributed by atoms with Crippen molar-refractivity contribution >= 4 is 0 Å². The van der Waals surface area contributed by atoms with E-state index in [1.54, 1.807) is 0 Å². The third-order valence-electron chi connectivity index (χ3n) is 2.00. The van der Waals surface area contributed by atoms with Gasteiger partial charge in [-0.25, -0.2) is 0 Å². The van der Waals surface area contributed by atoms with Crippen molar-refractivity contribution in [2.45, 2.75) is 26.4 Å². The molecule has 2 heteroatoms. The van der Waals surface area contributed by atoms with Crippen molar-refractivity contribution < 1.29 is 4.74 Å². The van der Waals surface area contributed by atoms with Crippen molar-refractivity contribution in [2.75, 3.05) is 6.54 Å². The fourth-order valence-electron chi connectivity index (χ4n) is 1.08. The third kappa shape index (κ3) is 3.07. The van der Waals surface area contributed by atoms with Crippen LogP contribution in [0.3, 0.4) is 0 Å². The van der Waals surface area contributed by atoms with Crippen molar-refractivity contribution in [3.05, 3.63) is 29.8 Å². The van der Waals surface area contributed by atoms with Gasteiger partial charge in [0.05, 0.1) is 0 Å². The van der Waals surface area contributed by atoms with Gasteiger partial charge in [-0.05, 0) is 31.0 Å². The topological polar surface area (TPSA) is 35.2 Å². The van der Waals surface area contributed by atoms with Gasteiger partial charge in [-0.15, -0.1) is 0 Å². The molecule has 72 valence electrons. The minimum atomic E-state index is 0.0903. The van der Waals surface area contributed by atoms with Gasteiger partial charge < -0.3 is 10.5 Å². The Labute approximate surface area is 79.7 Å². The van der Waals surface area contributed by atoms with E-state index >= 15 is 0 Å². The number of rotatable bonds is 4. The van der Waals surface area contributed by atoms with Gasteiger partial charge in [-0.1, -0.05) is 19.1 Å². The predicted molar refractivity (Wildman–Crippen MR) is 55.0 cm³/mol. The van der Waals surface area contributed by atoms with Gasteiger partial charge >= 0.3 is 0 Å². The summed E-state index contributed by atoms with van der Waals surface area (Å²) in [7, 11) is 0. The molecular formula is C11H17NO. The molecule has 0 fully saturated rings.